The average Bonchev–Trinajstić information content (AvgIpc) is 3.66. The summed E-state index contributed by atoms with van der Waals surface area (Å²) in [5.74, 6) is 5.18. The predicted octanol–water partition coefficient (Wildman–Crippen LogP) is 10.5. The first-order valence-corrected chi connectivity index (χ1v) is 23.2. The van der Waals surface area contributed by atoms with Crippen LogP contribution in [0.15, 0.2) is 134 Å². The molecule has 0 atom stereocenters. The van der Waals surface area contributed by atoms with E-state index in [9.17, 15) is 0 Å². The second kappa shape index (κ2) is 11.5. The van der Waals surface area contributed by atoms with Crippen molar-refractivity contribution in [3.8, 4) is 67.7 Å². The van der Waals surface area contributed by atoms with Gasteiger partial charge in [-0.1, -0.05) is 128 Å². The first kappa shape index (κ1) is 31.8. The van der Waals surface area contributed by atoms with Gasteiger partial charge < -0.3 is 0 Å². The lowest BCUT2D eigenvalue weighted by molar-refractivity contribution is -0.0397. The van der Waals surface area contributed by atoms with E-state index in [4.69, 9.17) is 15.0 Å². The fraction of sp³-hybridized carbons (Fsp3) is 0.240. The van der Waals surface area contributed by atoms with E-state index in [1.807, 2.05) is 36.4 Å². The lowest BCUT2D eigenvalue weighted by Crippen LogP contribution is -2.56. The van der Waals surface area contributed by atoms with Gasteiger partial charge in [0.2, 0.25) is 0 Å². The molecule has 5 aliphatic carbocycles. The van der Waals surface area contributed by atoms with E-state index in [2.05, 4.69) is 109 Å². The monoisotopic (exact) mass is 726 g/mol. The van der Waals surface area contributed by atoms with Gasteiger partial charge in [0.1, 0.15) is 13.8 Å². The summed E-state index contributed by atoms with van der Waals surface area (Å²) < 4.78 is 0. The van der Waals surface area contributed by atoms with E-state index in [0.717, 1.165) is 40.5 Å². The van der Waals surface area contributed by atoms with E-state index in [1.54, 1.807) is 33.3 Å². The van der Waals surface area contributed by atoms with Crippen LogP contribution in [0.4, 0.5) is 0 Å². The van der Waals surface area contributed by atoms with Crippen molar-refractivity contribution < 1.29 is 0 Å². The minimum Gasteiger partial charge on any atom is -0.253 e. The average molecular weight is 727 g/mol. The smallest absolute Gasteiger partial charge is 0.182 e. The van der Waals surface area contributed by atoms with Gasteiger partial charge in [-0.25, -0.2) is 15.0 Å². The van der Waals surface area contributed by atoms with Crippen molar-refractivity contribution in [2.45, 2.75) is 50.6 Å². The molecule has 1 aliphatic heterocycles. The second-order valence-corrected chi connectivity index (χ2v) is 21.7. The number of nitrogens with zero attached hydrogens (tertiary/aromatic N) is 4. The Morgan fingerprint density at radius 2 is 1.15 bits per heavy atom. The van der Waals surface area contributed by atoms with E-state index < -0.39 is 8.07 Å². The van der Waals surface area contributed by atoms with Gasteiger partial charge in [0, 0.05) is 22.7 Å². The molecule has 1 spiro atoms. The molecule has 4 fully saturated rings. The zero-order valence-electron chi connectivity index (χ0n) is 31.3. The highest BCUT2D eigenvalue weighted by atomic mass is 28.3. The van der Waals surface area contributed by atoms with E-state index in [0.29, 0.717) is 17.5 Å². The van der Waals surface area contributed by atoms with Crippen LogP contribution in [-0.2, 0) is 5.41 Å². The predicted molar refractivity (Wildman–Crippen MR) is 225 cm³/mol. The summed E-state index contributed by atoms with van der Waals surface area (Å²) in [6.07, 6.45) is 8.83. The minimum absolute atomic E-state index is 0.116. The molecule has 266 valence electrons. The molecule has 4 saturated carbocycles. The molecular formula is C50H42N4Si. The standard InChI is InChI=1S/C50H42N4Si/c1-55(2)43-23-22-37-36-16-8-9-20-41(36)50(33-26-30-25-31(28-33)29-34(50)27-30)45(37)44(43)40-19-12-18-38(46(40)55)35-15-6-7-17-39(35)48-52-47(32-13-4-3-5-14-32)53-49(54-48)42-21-10-11-24-51-42/h3-24,30-31,33-34H,25-29H2,1-2H3. The molecule has 3 heterocycles. The Morgan fingerprint density at radius 1 is 0.509 bits per heavy atom. The molecule has 0 radical (unpaired) electrons. The summed E-state index contributed by atoms with van der Waals surface area (Å²) in [6.45, 7) is 5.19. The summed E-state index contributed by atoms with van der Waals surface area (Å²) in [5.41, 5.74) is 14.7. The first-order valence-electron chi connectivity index (χ1n) is 20.2. The molecule has 5 aromatic carbocycles. The summed E-state index contributed by atoms with van der Waals surface area (Å²) in [6, 6.07) is 46.7. The lowest BCUT2D eigenvalue weighted by atomic mass is 9.42. The Morgan fingerprint density at radius 3 is 1.91 bits per heavy atom. The van der Waals surface area contributed by atoms with Crippen molar-refractivity contribution in [1.29, 1.82) is 0 Å². The number of hydrogen-bond acceptors (Lipinski definition) is 4. The molecule has 6 aliphatic rings. The molecule has 2 aromatic heterocycles. The molecule has 13 rings (SSSR count). The minimum atomic E-state index is -2.19. The third kappa shape index (κ3) is 4.33. The number of pyridine rings is 1. The van der Waals surface area contributed by atoms with Crippen LogP contribution in [-0.4, -0.2) is 28.0 Å². The van der Waals surface area contributed by atoms with Crippen molar-refractivity contribution in [2.24, 2.45) is 23.7 Å². The van der Waals surface area contributed by atoms with Crippen molar-refractivity contribution >= 4 is 18.4 Å². The second-order valence-electron chi connectivity index (χ2n) is 17.4. The number of benzene rings is 5. The van der Waals surface area contributed by atoms with Gasteiger partial charge in [0.05, 0.1) is 0 Å². The Labute approximate surface area is 323 Å². The highest BCUT2D eigenvalue weighted by Crippen LogP contribution is 2.70. The molecule has 4 bridgehead atoms. The van der Waals surface area contributed by atoms with Crippen LogP contribution in [0.5, 0.6) is 0 Å². The Balaban J connectivity index is 1.08. The third-order valence-corrected chi connectivity index (χ3v) is 17.9. The summed E-state index contributed by atoms with van der Waals surface area (Å²) in [5, 5.41) is 3.15. The number of hydrogen-bond donors (Lipinski definition) is 0. The molecule has 0 saturated heterocycles. The summed E-state index contributed by atoms with van der Waals surface area (Å²) >= 11 is 0. The van der Waals surface area contributed by atoms with Gasteiger partial charge >= 0.3 is 0 Å². The fourth-order valence-electron chi connectivity index (χ4n) is 12.6. The zero-order valence-corrected chi connectivity index (χ0v) is 32.3. The molecule has 0 N–H and O–H groups in total. The van der Waals surface area contributed by atoms with Crippen LogP contribution in [0.25, 0.3) is 67.7 Å². The van der Waals surface area contributed by atoms with Crippen molar-refractivity contribution in [2.75, 3.05) is 0 Å². The summed E-state index contributed by atoms with van der Waals surface area (Å²) in [4.78, 5) is 19.9. The lowest BCUT2D eigenvalue weighted by Gasteiger charge is -2.61. The number of aromatic nitrogens is 4. The quantitative estimate of drug-likeness (QED) is 0.170. The van der Waals surface area contributed by atoms with Crippen LogP contribution >= 0.6 is 0 Å². The maximum atomic E-state index is 5.19. The number of rotatable bonds is 4. The molecular weight excluding hydrogens is 685 g/mol. The van der Waals surface area contributed by atoms with Gasteiger partial charge in [-0.15, -0.1) is 0 Å². The van der Waals surface area contributed by atoms with E-state index in [-0.39, 0.29) is 5.41 Å². The van der Waals surface area contributed by atoms with Gasteiger partial charge in [-0.05, 0) is 123 Å². The van der Waals surface area contributed by atoms with Crippen LogP contribution in [0.1, 0.15) is 43.2 Å². The number of fused-ring (bicyclic) bond motifs is 7. The fourth-order valence-corrected chi connectivity index (χ4v) is 16.0. The van der Waals surface area contributed by atoms with E-state index >= 15 is 0 Å². The third-order valence-electron chi connectivity index (χ3n) is 14.4. The van der Waals surface area contributed by atoms with Crippen molar-refractivity contribution in [3.63, 3.8) is 0 Å². The van der Waals surface area contributed by atoms with Crippen LogP contribution in [0.2, 0.25) is 13.1 Å². The van der Waals surface area contributed by atoms with Gasteiger partial charge in [-0.2, -0.15) is 0 Å². The maximum Gasteiger partial charge on any atom is 0.182 e. The highest BCUT2D eigenvalue weighted by molar-refractivity contribution is 7.04. The highest BCUT2D eigenvalue weighted by Gasteiger charge is 2.63. The normalized spacial score (nSPS) is 24.4. The summed E-state index contributed by atoms with van der Waals surface area (Å²) in [7, 11) is -2.19. The SMILES string of the molecule is C[Si]1(C)c2ccc3c(c2-c2cccc(-c4ccccc4-c4nc(-c5ccccc5)nc(-c5ccccn5)n4)c21)C1(c2ccccc2-3)C2CC3CC(C2)CC1C3. The van der Waals surface area contributed by atoms with Gasteiger partial charge in [0.15, 0.2) is 17.5 Å². The van der Waals surface area contributed by atoms with Crippen LogP contribution in [0, 0.1) is 23.7 Å². The molecule has 7 aromatic rings. The topological polar surface area (TPSA) is 51.6 Å². The largest absolute Gasteiger partial charge is 0.253 e. The molecule has 55 heavy (non-hydrogen) atoms. The van der Waals surface area contributed by atoms with Crippen LogP contribution < -0.4 is 10.4 Å². The Hall–Kier alpha value is -5.52. The molecule has 0 unspecified atom stereocenters. The van der Waals surface area contributed by atoms with Crippen molar-refractivity contribution in [3.05, 3.63) is 145 Å². The van der Waals surface area contributed by atoms with E-state index in [1.165, 1.54) is 59.9 Å². The molecule has 4 nitrogen and oxygen atoms in total. The zero-order chi connectivity index (χ0) is 36.5. The first-order chi connectivity index (χ1) is 27.0. The van der Waals surface area contributed by atoms with Crippen LogP contribution in [0.3, 0.4) is 0 Å². The van der Waals surface area contributed by atoms with Crippen molar-refractivity contribution in [1.82, 2.24) is 19.9 Å². The molecule has 0 amide bonds. The maximum absolute atomic E-state index is 5.19. The Kier molecular flexibility index (Phi) is 6.65. The van der Waals surface area contributed by atoms with Gasteiger partial charge in [0.25, 0.3) is 0 Å². The molecule has 5 heteroatoms. The Bertz CT molecular complexity index is 2620. The van der Waals surface area contributed by atoms with Gasteiger partial charge in [-0.3, -0.25) is 4.98 Å².